The average molecular weight is 370 g/mol. The van der Waals surface area contributed by atoms with Crippen molar-refractivity contribution in [1.29, 1.82) is 0 Å². The number of ether oxygens (including phenoxy) is 1. The third kappa shape index (κ3) is 2.97. The van der Waals surface area contributed by atoms with Crippen LogP contribution in [0.4, 0.5) is 5.69 Å². The minimum Gasteiger partial charge on any atom is -0.507 e. The van der Waals surface area contributed by atoms with Crippen LogP contribution in [0.2, 0.25) is 5.02 Å². The second-order valence-corrected chi connectivity index (χ2v) is 6.07. The molecule has 0 unspecified atom stereocenters. The van der Waals surface area contributed by atoms with Gasteiger partial charge in [0.25, 0.3) is 5.91 Å². The lowest BCUT2D eigenvalue weighted by Gasteiger charge is -2.19. The fraction of sp³-hybridized carbons (Fsp3) is 0.100. The highest BCUT2D eigenvalue weighted by atomic mass is 35.5. The molecule has 132 valence electrons. The van der Waals surface area contributed by atoms with Crippen molar-refractivity contribution in [3.8, 4) is 5.75 Å². The van der Waals surface area contributed by atoms with E-state index in [2.05, 4.69) is 0 Å². The summed E-state index contributed by atoms with van der Waals surface area (Å²) in [7, 11) is 1.25. The van der Waals surface area contributed by atoms with Crippen LogP contribution in [0.3, 0.4) is 0 Å². The van der Waals surface area contributed by atoms with Gasteiger partial charge in [-0.25, -0.2) is 4.79 Å². The molecule has 0 fully saturated rings. The Morgan fingerprint density at radius 2 is 1.81 bits per heavy atom. The Kier molecular flexibility index (Phi) is 4.82. The zero-order chi connectivity index (χ0) is 18.8. The molecule has 1 N–H and O–H groups in total. The first-order valence-electron chi connectivity index (χ1n) is 7.84. The number of aromatic hydroxyl groups is 1. The molecule has 6 heteroatoms. The van der Waals surface area contributed by atoms with Crippen molar-refractivity contribution < 1.29 is 19.4 Å². The van der Waals surface area contributed by atoms with Crippen LogP contribution >= 0.6 is 11.6 Å². The average Bonchev–Trinajstić information content (AvgIpc) is 2.87. The summed E-state index contributed by atoms with van der Waals surface area (Å²) in [6.07, 6.45) is 1.48. The number of halogens is 1. The zero-order valence-corrected chi connectivity index (χ0v) is 14.9. The first-order chi connectivity index (χ1) is 12.5. The summed E-state index contributed by atoms with van der Waals surface area (Å²) >= 11 is 6.24. The van der Waals surface area contributed by atoms with Crippen molar-refractivity contribution in [3.63, 3.8) is 0 Å². The summed E-state index contributed by atoms with van der Waals surface area (Å²) in [6.45, 7) is 1.65. The van der Waals surface area contributed by atoms with Crippen molar-refractivity contribution in [2.24, 2.45) is 0 Å². The number of rotatable bonds is 3. The van der Waals surface area contributed by atoms with Gasteiger partial charge in [0.05, 0.1) is 29.0 Å². The zero-order valence-electron chi connectivity index (χ0n) is 14.2. The summed E-state index contributed by atoms with van der Waals surface area (Å²) in [4.78, 5) is 26.8. The maximum absolute atomic E-state index is 13.1. The molecule has 2 aromatic carbocycles. The number of phenolic OH excluding ortho intramolecular Hbond substituents is 1. The predicted molar refractivity (Wildman–Crippen MR) is 99.7 cm³/mol. The lowest BCUT2D eigenvalue weighted by molar-refractivity contribution is -0.136. The molecule has 0 atom stereocenters. The highest BCUT2D eigenvalue weighted by Gasteiger charge is 2.38. The fourth-order valence-electron chi connectivity index (χ4n) is 2.87. The third-order valence-corrected chi connectivity index (χ3v) is 4.44. The van der Waals surface area contributed by atoms with Crippen molar-refractivity contribution in [2.45, 2.75) is 6.92 Å². The van der Waals surface area contributed by atoms with Gasteiger partial charge in [-0.1, -0.05) is 41.9 Å². The van der Waals surface area contributed by atoms with Crippen molar-refractivity contribution >= 4 is 35.2 Å². The second-order valence-electron chi connectivity index (χ2n) is 5.66. The van der Waals surface area contributed by atoms with Crippen LogP contribution in [0, 0.1) is 0 Å². The highest BCUT2D eigenvalue weighted by Crippen LogP contribution is 2.38. The molecule has 3 rings (SSSR count). The first-order valence-corrected chi connectivity index (χ1v) is 8.21. The molecule has 0 saturated heterocycles. The van der Waals surface area contributed by atoms with E-state index in [-0.39, 0.29) is 16.9 Å². The van der Waals surface area contributed by atoms with Crippen LogP contribution in [-0.4, -0.2) is 24.1 Å². The Balaban J connectivity index is 2.20. The van der Waals surface area contributed by atoms with Gasteiger partial charge in [-0.05, 0) is 31.2 Å². The van der Waals surface area contributed by atoms with E-state index in [1.807, 2.05) is 0 Å². The molecule has 0 radical (unpaired) electrons. The SMILES string of the molecule is COC(=O)C1=C(C)N(c2ccccc2Cl)C(=O)/C1=C\c1ccccc1O. The number of hydrogen-bond donors (Lipinski definition) is 1. The molecular weight excluding hydrogens is 354 g/mol. The molecule has 0 bridgehead atoms. The summed E-state index contributed by atoms with van der Waals surface area (Å²) in [6, 6.07) is 13.4. The van der Waals surface area contributed by atoms with Gasteiger partial charge in [-0.15, -0.1) is 0 Å². The molecule has 2 aromatic rings. The molecule has 0 aliphatic carbocycles. The maximum atomic E-state index is 13.1. The standard InChI is InChI=1S/C20H16ClNO4/c1-12-18(20(25)26-2)14(11-13-7-3-6-10-17(13)23)19(24)22(12)16-9-5-4-8-15(16)21/h3-11,23H,1-2H3/b14-11-. The first kappa shape index (κ1) is 17.8. The molecule has 1 heterocycles. The summed E-state index contributed by atoms with van der Waals surface area (Å²) in [5, 5.41) is 10.4. The Labute approximate surface area is 155 Å². The Morgan fingerprint density at radius 3 is 2.46 bits per heavy atom. The number of carbonyl (C=O) groups excluding carboxylic acids is 2. The number of amides is 1. The molecule has 0 spiro atoms. The molecule has 5 nitrogen and oxygen atoms in total. The number of hydrogen-bond acceptors (Lipinski definition) is 4. The van der Waals surface area contributed by atoms with Gasteiger partial charge in [0.15, 0.2) is 0 Å². The van der Waals surface area contributed by atoms with E-state index in [1.165, 1.54) is 24.2 Å². The summed E-state index contributed by atoms with van der Waals surface area (Å²) in [5.74, 6) is -1.04. The fourth-order valence-corrected chi connectivity index (χ4v) is 3.09. The quantitative estimate of drug-likeness (QED) is 0.657. The number of allylic oxidation sites excluding steroid dienone is 1. The van der Waals surface area contributed by atoms with Crippen molar-refractivity contribution in [2.75, 3.05) is 12.0 Å². The van der Waals surface area contributed by atoms with Gasteiger partial charge >= 0.3 is 5.97 Å². The highest BCUT2D eigenvalue weighted by molar-refractivity contribution is 6.35. The molecule has 1 amide bonds. The van der Waals surface area contributed by atoms with Crippen LogP contribution in [-0.2, 0) is 14.3 Å². The van der Waals surface area contributed by atoms with E-state index in [0.29, 0.717) is 22.0 Å². The van der Waals surface area contributed by atoms with Gasteiger partial charge in [0.2, 0.25) is 0 Å². The van der Waals surface area contributed by atoms with Gasteiger partial charge in [0, 0.05) is 11.3 Å². The summed E-state index contributed by atoms with van der Waals surface area (Å²) in [5.41, 5.74) is 1.58. The van der Waals surface area contributed by atoms with E-state index in [0.717, 1.165) is 0 Å². The van der Waals surface area contributed by atoms with Crippen molar-refractivity contribution in [3.05, 3.63) is 76.0 Å². The number of carbonyl (C=O) groups is 2. The minimum atomic E-state index is -0.632. The van der Waals surface area contributed by atoms with Crippen LogP contribution in [0.25, 0.3) is 6.08 Å². The molecular formula is C20H16ClNO4. The lowest BCUT2D eigenvalue weighted by Crippen LogP contribution is -2.24. The van der Waals surface area contributed by atoms with Crippen LogP contribution in [0.15, 0.2) is 65.4 Å². The second kappa shape index (κ2) is 7.06. The normalized spacial score (nSPS) is 15.7. The largest absolute Gasteiger partial charge is 0.507 e. The molecule has 26 heavy (non-hydrogen) atoms. The third-order valence-electron chi connectivity index (χ3n) is 4.12. The van der Waals surface area contributed by atoms with Crippen LogP contribution in [0.5, 0.6) is 5.75 Å². The lowest BCUT2D eigenvalue weighted by atomic mass is 10.0. The van der Waals surface area contributed by atoms with Crippen LogP contribution in [0.1, 0.15) is 12.5 Å². The van der Waals surface area contributed by atoms with E-state index in [4.69, 9.17) is 16.3 Å². The van der Waals surface area contributed by atoms with E-state index >= 15 is 0 Å². The van der Waals surface area contributed by atoms with E-state index < -0.39 is 11.9 Å². The number of methoxy groups -OCH3 is 1. The summed E-state index contributed by atoms with van der Waals surface area (Å²) < 4.78 is 4.85. The van der Waals surface area contributed by atoms with Gasteiger partial charge in [-0.2, -0.15) is 0 Å². The molecule has 1 aliphatic rings. The monoisotopic (exact) mass is 369 g/mol. The van der Waals surface area contributed by atoms with Gasteiger partial charge in [0.1, 0.15) is 5.75 Å². The Hall–Kier alpha value is -3.05. The van der Waals surface area contributed by atoms with Gasteiger partial charge in [-0.3, -0.25) is 9.69 Å². The molecule has 1 aliphatic heterocycles. The molecule has 0 saturated carbocycles. The van der Waals surface area contributed by atoms with E-state index in [9.17, 15) is 14.7 Å². The van der Waals surface area contributed by atoms with Crippen molar-refractivity contribution in [1.82, 2.24) is 0 Å². The number of nitrogens with zero attached hydrogens (tertiary/aromatic N) is 1. The number of phenols is 1. The Bertz CT molecular complexity index is 962. The van der Waals surface area contributed by atoms with E-state index in [1.54, 1.807) is 49.4 Å². The van der Waals surface area contributed by atoms with Gasteiger partial charge < -0.3 is 9.84 Å². The number of benzene rings is 2. The van der Waals surface area contributed by atoms with Crippen LogP contribution < -0.4 is 4.90 Å². The minimum absolute atomic E-state index is 0.00543. The topological polar surface area (TPSA) is 66.8 Å². The predicted octanol–water partition coefficient (Wildman–Crippen LogP) is 3.92. The maximum Gasteiger partial charge on any atom is 0.340 e. The number of esters is 1. The molecule has 0 aromatic heterocycles. The Morgan fingerprint density at radius 1 is 1.15 bits per heavy atom. The smallest absolute Gasteiger partial charge is 0.340 e. The number of anilines is 1. The number of para-hydroxylation sites is 2.